The predicted octanol–water partition coefficient (Wildman–Crippen LogP) is 3.79. The Balaban J connectivity index is 0.00000420. The van der Waals surface area contributed by atoms with Gasteiger partial charge in [-0.15, -0.1) is 12.4 Å². The van der Waals surface area contributed by atoms with Crippen molar-refractivity contribution < 1.29 is 22.8 Å². The van der Waals surface area contributed by atoms with E-state index in [4.69, 9.17) is 5.73 Å². The van der Waals surface area contributed by atoms with Crippen LogP contribution in [0.4, 0.5) is 18.9 Å². The maximum absolute atomic E-state index is 13.7. The van der Waals surface area contributed by atoms with Crippen molar-refractivity contribution >= 4 is 29.9 Å². The third-order valence-corrected chi connectivity index (χ3v) is 4.11. The topological polar surface area (TPSA) is 75.4 Å². The minimum Gasteiger partial charge on any atom is -0.333 e. The summed E-state index contributed by atoms with van der Waals surface area (Å²) in [7, 11) is 0. The number of benzene rings is 2. The molecule has 9 heteroatoms. The average Bonchev–Trinajstić information content (AvgIpc) is 2.68. The first-order valence-electron chi connectivity index (χ1n) is 8.85. The van der Waals surface area contributed by atoms with E-state index in [1.54, 1.807) is 12.1 Å². The van der Waals surface area contributed by atoms with Gasteiger partial charge >= 0.3 is 0 Å². The van der Waals surface area contributed by atoms with Crippen molar-refractivity contribution in [2.24, 2.45) is 5.73 Å². The number of hydrogen-bond acceptors (Lipinski definition) is 3. The van der Waals surface area contributed by atoms with Gasteiger partial charge < -0.3 is 16.0 Å². The summed E-state index contributed by atoms with van der Waals surface area (Å²) in [5.41, 5.74) is 6.36. The van der Waals surface area contributed by atoms with Gasteiger partial charge in [0.2, 0.25) is 11.8 Å². The number of amides is 2. The second-order valence-corrected chi connectivity index (χ2v) is 6.31. The summed E-state index contributed by atoms with van der Waals surface area (Å²) in [6.45, 7) is 1.78. The molecule has 1 atom stereocenters. The Morgan fingerprint density at radius 1 is 1.07 bits per heavy atom. The molecule has 0 saturated heterocycles. The van der Waals surface area contributed by atoms with E-state index in [2.05, 4.69) is 5.32 Å². The van der Waals surface area contributed by atoms with Crippen LogP contribution in [0.5, 0.6) is 0 Å². The van der Waals surface area contributed by atoms with Crippen LogP contribution in [0.3, 0.4) is 0 Å². The molecule has 0 spiro atoms. The zero-order valence-electron chi connectivity index (χ0n) is 15.8. The van der Waals surface area contributed by atoms with E-state index in [0.29, 0.717) is 19.0 Å². The summed E-state index contributed by atoms with van der Waals surface area (Å²) < 4.78 is 40.0. The lowest BCUT2D eigenvalue weighted by Gasteiger charge is -2.23. The normalized spacial score (nSPS) is 11.3. The van der Waals surface area contributed by atoms with Crippen LogP contribution in [0.15, 0.2) is 42.5 Å². The van der Waals surface area contributed by atoms with Gasteiger partial charge in [-0.1, -0.05) is 37.3 Å². The van der Waals surface area contributed by atoms with Crippen molar-refractivity contribution in [1.82, 2.24) is 4.90 Å². The molecule has 0 aliphatic rings. The molecule has 0 radical (unpaired) electrons. The highest BCUT2D eigenvalue weighted by atomic mass is 35.5. The monoisotopic (exact) mass is 429 g/mol. The molecule has 0 fully saturated rings. The van der Waals surface area contributed by atoms with E-state index >= 15 is 0 Å². The fourth-order valence-corrected chi connectivity index (χ4v) is 2.68. The first-order valence-corrected chi connectivity index (χ1v) is 8.85. The Labute approximate surface area is 173 Å². The van der Waals surface area contributed by atoms with Gasteiger partial charge in [0.25, 0.3) is 0 Å². The lowest BCUT2D eigenvalue weighted by atomic mass is 10.0. The molecule has 3 N–H and O–H groups in total. The lowest BCUT2D eigenvalue weighted by Crippen LogP contribution is -2.39. The molecule has 158 valence electrons. The van der Waals surface area contributed by atoms with Crippen LogP contribution in [0.1, 0.15) is 31.4 Å². The molecular weight excluding hydrogens is 407 g/mol. The van der Waals surface area contributed by atoms with Gasteiger partial charge in [-0.2, -0.15) is 0 Å². The molecule has 0 saturated carbocycles. The van der Waals surface area contributed by atoms with Crippen molar-refractivity contribution in [1.29, 1.82) is 0 Å². The number of carbonyl (C=O) groups is 2. The summed E-state index contributed by atoms with van der Waals surface area (Å²) >= 11 is 0. The summed E-state index contributed by atoms with van der Waals surface area (Å²) in [4.78, 5) is 26.0. The zero-order chi connectivity index (χ0) is 20.7. The van der Waals surface area contributed by atoms with Gasteiger partial charge in [0.1, 0.15) is 0 Å². The van der Waals surface area contributed by atoms with E-state index in [9.17, 15) is 22.8 Å². The van der Waals surface area contributed by atoms with Crippen molar-refractivity contribution in [3.8, 4) is 0 Å². The van der Waals surface area contributed by atoms with Crippen molar-refractivity contribution in [3.63, 3.8) is 0 Å². The third-order valence-electron chi connectivity index (χ3n) is 4.11. The van der Waals surface area contributed by atoms with Crippen LogP contribution in [0.25, 0.3) is 0 Å². The third kappa shape index (κ3) is 6.76. The fraction of sp³-hybridized carbons (Fsp3) is 0.300. The van der Waals surface area contributed by atoms with Gasteiger partial charge in [0.15, 0.2) is 17.5 Å². The Bertz CT molecular complexity index is 837. The van der Waals surface area contributed by atoms with E-state index in [1.807, 2.05) is 25.1 Å². The SMILES string of the molecule is CCCN(CC(=O)Nc1ccc(F)c(F)c1F)C(=O)CC(N)c1ccccc1.Cl. The largest absolute Gasteiger partial charge is 0.333 e. The highest BCUT2D eigenvalue weighted by molar-refractivity contribution is 5.94. The molecule has 0 aliphatic heterocycles. The summed E-state index contributed by atoms with van der Waals surface area (Å²) in [5.74, 6) is -5.58. The standard InChI is InChI=1S/C20H22F3N3O2.ClH/c1-2-10-26(18(28)11-15(24)13-6-4-3-5-7-13)12-17(27)25-16-9-8-14(21)19(22)20(16)23;/h3-9,15H,2,10-12,24H2,1H3,(H,25,27);1H. The van der Waals surface area contributed by atoms with Gasteiger partial charge in [-0.05, 0) is 24.1 Å². The van der Waals surface area contributed by atoms with Crippen LogP contribution in [0.2, 0.25) is 0 Å². The predicted molar refractivity (Wildman–Crippen MR) is 107 cm³/mol. The van der Waals surface area contributed by atoms with Gasteiger partial charge in [0.05, 0.1) is 12.2 Å². The van der Waals surface area contributed by atoms with Crippen molar-refractivity contribution in [2.45, 2.75) is 25.8 Å². The first-order chi connectivity index (χ1) is 13.3. The number of nitrogens with one attached hydrogen (secondary N) is 1. The second-order valence-electron chi connectivity index (χ2n) is 6.31. The Morgan fingerprint density at radius 3 is 2.34 bits per heavy atom. The van der Waals surface area contributed by atoms with Crippen LogP contribution in [-0.4, -0.2) is 29.8 Å². The Morgan fingerprint density at radius 2 is 1.72 bits per heavy atom. The number of carbonyl (C=O) groups excluding carboxylic acids is 2. The van der Waals surface area contributed by atoms with Gasteiger partial charge in [0, 0.05) is 19.0 Å². The molecule has 0 aliphatic carbocycles. The number of nitrogens with two attached hydrogens (primary N) is 1. The molecule has 2 aromatic rings. The van der Waals surface area contributed by atoms with E-state index in [1.165, 1.54) is 4.90 Å². The van der Waals surface area contributed by atoms with E-state index < -0.39 is 35.1 Å². The second kappa shape index (κ2) is 11.4. The number of hydrogen-bond donors (Lipinski definition) is 2. The fourth-order valence-electron chi connectivity index (χ4n) is 2.68. The summed E-state index contributed by atoms with van der Waals surface area (Å²) in [5, 5.41) is 2.16. The molecule has 0 aromatic heterocycles. The van der Waals surface area contributed by atoms with Crippen LogP contribution >= 0.6 is 12.4 Å². The highest BCUT2D eigenvalue weighted by Gasteiger charge is 2.21. The average molecular weight is 430 g/mol. The minimum absolute atomic E-state index is 0. The number of rotatable bonds is 8. The first kappa shape index (κ1) is 24.5. The van der Waals surface area contributed by atoms with Crippen LogP contribution < -0.4 is 11.1 Å². The molecular formula is C20H23ClF3N3O2. The summed E-state index contributed by atoms with van der Waals surface area (Å²) in [6.07, 6.45) is 0.593. The molecule has 2 rings (SSSR count). The summed E-state index contributed by atoms with van der Waals surface area (Å²) in [6, 6.07) is 10.2. The van der Waals surface area contributed by atoms with Crippen LogP contribution in [-0.2, 0) is 9.59 Å². The zero-order valence-corrected chi connectivity index (χ0v) is 16.6. The van der Waals surface area contributed by atoms with Crippen molar-refractivity contribution in [3.05, 3.63) is 65.5 Å². The Hall–Kier alpha value is -2.58. The minimum atomic E-state index is -1.67. The molecule has 2 aromatic carbocycles. The molecule has 5 nitrogen and oxygen atoms in total. The molecule has 0 heterocycles. The lowest BCUT2D eigenvalue weighted by molar-refractivity contribution is -0.135. The van der Waals surface area contributed by atoms with E-state index in [-0.39, 0.29) is 31.3 Å². The van der Waals surface area contributed by atoms with Gasteiger partial charge in [-0.25, -0.2) is 13.2 Å². The molecule has 0 bridgehead atoms. The molecule has 29 heavy (non-hydrogen) atoms. The highest BCUT2D eigenvalue weighted by Crippen LogP contribution is 2.20. The maximum Gasteiger partial charge on any atom is 0.244 e. The Kier molecular flexibility index (Phi) is 9.64. The van der Waals surface area contributed by atoms with Crippen LogP contribution in [0, 0.1) is 17.5 Å². The van der Waals surface area contributed by atoms with Crippen molar-refractivity contribution in [2.75, 3.05) is 18.4 Å². The number of anilines is 1. The smallest absolute Gasteiger partial charge is 0.244 e. The number of nitrogens with zero attached hydrogens (tertiary/aromatic N) is 1. The maximum atomic E-state index is 13.7. The van der Waals surface area contributed by atoms with Gasteiger partial charge in [-0.3, -0.25) is 9.59 Å². The quantitative estimate of drug-likeness (QED) is 0.627. The molecule has 2 amide bonds. The number of halogens is 4. The molecule has 1 unspecified atom stereocenters. The van der Waals surface area contributed by atoms with E-state index in [0.717, 1.165) is 11.6 Å².